The zero-order valence-electron chi connectivity index (χ0n) is 32.7. The van der Waals surface area contributed by atoms with E-state index in [0.29, 0.717) is 17.0 Å². The molecule has 0 aliphatic heterocycles. The van der Waals surface area contributed by atoms with Crippen LogP contribution in [-0.4, -0.2) is 144 Å². The highest BCUT2D eigenvalue weighted by Gasteiger charge is 2.31. The van der Waals surface area contributed by atoms with Crippen LogP contribution in [0.2, 0.25) is 0 Å². The number of carboxylic acids is 6. The Bertz CT molecular complexity index is 1730. The molecule has 338 valence electrons. The Morgan fingerprint density at radius 1 is 0.557 bits per heavy atom. The van der Waals surface area contributed by atoms with Gasteiger partial charge in [0.2, 0.25) is 17.7 Å². The van der Waals surface area contributed by atoms with Crippen LogP contribution in [0.4, 0.5) is 15.3 Å². The lowest BCUT2D eigenvalue weighted by molar-refractivity contribution is -0.143. The third kappa shape index (κ3) is 23.2. The summed E-state index contributed by atoms with van der Waals surface area (Å²) in [5.74, 6) is -10.8. The average Bonchev–Trinajstić information content (AvgIpc) is 3.16. The summed E-state index contributed by atoms with van der Waals surface area (Å²) in [6.45, 7) is 1.91. The van der Waals surface area contributed by atoms with E-state index in [1.807, 2.05) is 12.2 Å². The highest BCUT2D eigenvalue weighted by atomic mass is 33.1. The van der Waals surface area contributed by atoms with Gasteiger partial charge in [-0.1, -0.05) is 40.6 Å². The summed E-state index contributed by atoms with van der Waals surface area (Å²) in [7, 11) is 2.48. The van der Waals surface area contributed by atoms with Crippen LogP contribution in [0.25, 0.3) is 0 Å². The Labute approximate surface area is 355 Å². The Morgan fingerprint density at radius 3 is 1.61 bits per heavy atom. The van der Waals surface area contributed by atoms with Crippen molar-refractivity contribution in [3.8, 4) is 0 Å². The van der Waals surface area contributed by atoms with Crippen molar-refractivity contribution in [3.63, 3.8) is 0 Å². The number of amides is 7. The first kappa shape index (κ1) is 52.7. The molecule has 0 aromatic heterocycles. The first-order valence-corrected chi connectivity index (χ1v) is 20.9. The predicted octanol–water partition coefficient (Wildman–Crippen LogP) is -0.129. The maximum absolute atomic E-state index is 13.2. The van der Waals surface area contributed by atoms with Crippen molar-refractivity contribution in [2.45, 2.75) is 94.9 Å². The molecule has 0 aliphatic carbocycles. The van der Waals surface area contributed by atoms with Crippen molar-refractivity contribution in [2.75, 3.05) is 23.4 Å². The Kier molecular flexibility index (Phi) is 24.4. The molecule has 0 heterocycles. The molecule has 0 saturated heterocycles. The molecular weight excluding hydrogens is 855 g/mol. The molecule has 0 fully saturated rings. The smallest absolute Gasteiger partial charge is 0.327 e. The van der Waals surface area contributed by atoms with Crippen LogP contribution < -0.4 is 37.2 Å². The number of nitrogens with one attached hydrogen (secondary N) is 7. The molecule has 5 atom stereocenters. The molecule has 13 N–H and O–H groups in total. The van der Waals surface area contributed by atoms with Gasteiger partial charge in [0.1, 0.15) is 30.2 Å². The molecule has 0 spiro atoms. The van der Waals surface area contributed by atoms with E-state index >= 15 is 0 Å². The van der Waals surface area contributed by atoms with E-state index in [-0.39, 0.29) is 38.0 Å². The maximum Gasteiger partial charge on any atom is 0.327 e. The van der Waals surface area contributed by atoms with Crippen molar-refractivity contribution < 1.29 is 83.4 Å². The number of rotatable bonds is 30. The molecule has 26 heteroatoms. The van der Waals surface area contributed by atoms with E-state index in [2.05, 4.69) is 31.9 Å². The van der Waals surface area contributed by atoms with Crippen LogP contribution in [0.5, 0.6) is 0 Å². The molecule has 1 aromatic rings. The molecule has 24 nitrogen and oxygen atoms in total. The molecule has 61 heavy (non-hydrogen) atoms. The number of hydrogen-bond donors (Lipinski definition) is 13. The van der Waals surface area contributed by atoms with Gasteiger partial charge in [-0.15, -0.1) is 0 Å². The number of hydrogen-bond acceptors (Lipinski definition) is 13. The van der Waals surface area contributed by atoms with Gasteiger partial charge < -0.3 is 67.9 Å². The third-order valence-corrected chi connectivity index (χ3v) is 10.5. The third-order valence-electron chi connectivity index (χ3n) is 8.00. The Hall–Kier alpha value is -6.31. The lowest BCUT2D eigenvalue weighted by Gasteiger charge is -2.23. The fourth-order valence-electron chi connectivity index (χ4n) is 4.97. The normalized spacial score (nSPS) is 13.1. The standard InChI is InChI=1S/C35H49N7O17S2/c1-2-60-61-17-24(33(56)57)40-30(51)23(16-28(48)49)39-29(50)20(10-12-26(44)45)38-25(43)15-18-6-8-19(9-7-18)37-34(58)36-14-4-3-5-21(31(52)53)41-35(59)42-22(32(54)55)11-13-27(46)47/h6-9,20-24H,2-5,10-17H2,1H3,(H,38,43)(H,39,50)(H,40,51)(H,44,45)(H,46,47)(H,48,49)(H,52,53)(H,54,55)(H,56,57)(H2,36,37,58)(H2,41,42,59)/t20-,21-,22-,23-,24-/m0/s1. The Morgan fingerprint density at radius 2 is 1.08 bits per heavy atom. The number of urea groups is 2. The van der Waals surface area contributed by atoms with E-state index < -0.39 is 128 Å². The van der Waals surface area contributed by atoms with Gasteiger partial charge in [0, 0.05) is 36.6 Å². The average molecular weight is 904 g/mol. The van der Waals surface area contributed by atoms with Gasteiger partial charge in [-0.05, 0) is 49.8 Å². The van der Waals surface area contributed by atoms with Crippen LogP contribution in [0.15, 0.2) is 24.3 Å². The van der Waals surface area contributed by atoms with E-state index in [0.717, 1.165) is 10.8 Å². The lowest BCUT2D eigenvalue weighted by Crippen LogP contribution is -2.56. The number of carbonyl (C=O) groups is 11. The highest BCUT2D eigenvalue weighted by Crippen LogP contribution is 2.21. The minimum atomic E-state index is -1.77. The van der Waals surface area contributed by atoms with Gasteiger partial charge in [-0.3, -0.25) is 28.8 Å². The second kappa shape index (κ2) is 28.2. The van der Waals surface area contributed by atoms with Gasteiger partial charge in [0.15, 0.2) is 0 Å². The molecule has 0 saturated carbocycles. The van der Waals surface area contributed by atoms with E-state index in [4.69, 9.17) is 10.2 Å². The number of benzene rings is 1. The molecule has 0 unspecified atom stereocenters. The number of unbranched alkanes of at least 4 members (excludes halogenated alkanes) is 1. The van der Waals surface area contributed by atoms with Crippen molar-refractivity contribution in [1.82, 2.24) is 31.9 Å². The summed E-state index contributed by atoms with van der Waals surface area (Å²) in [6, 6.07) is -3.64. The fraction of sp³-hybridized carbons (Fsp3) is 0.514. The lowest BCUT2D eigenvalue weighted by atomic mass is 10.1. The Balaban J connectivity index is 2.74. The van der Waals surface area contributed by atoms with Gasteiger partial charge in [0.25, 0.3) is 0 Å². The summed E-state index contributed by atoms with van der Waals surface area (Å²) in [6.07, 6.45) is -2.92. The second-order valence-electron chi connectivity index (χ2n) is 12.9. The van der Waals surface area contributed by atoms with Crippen molar-refractivity contribution in [3.05, 3.63) is 29.8 Å². The van der Waals surface area contributed by atoms with Crippen molar-refractivity contribution in [2.24, 2.45) is 0 Å². The number of carboxylic acid groups (broad SMARTS) is 6. The minimum Gasteiger partial charge on any atom is -0.481 e. The summed E-state index contributed by atoms with van der Waals surface area (Å²) in [5, 5.41) is 71.3. The van der Waals surface area contributed by atoms with Crippen LogP contribution in [0.1, 0.15) is 63.9 Å². The van der Waals surface area contributed by atoms with Gasteiger partial charge in [-0.25, -0.2) is 24.0 Å². The molecule has 1 aromatic carbocycles. The predicted molar refractivity (Wildman–Crippen MR) is 216 cm³/mol. The molecule has 7 amide bonds. The van der Waals surface area contributed by atoms with Gasteiger partial charge in [0.05, 0.1) is 12.8 Å². The quantitative estimate of drug-likeness (QED) is 0.0353. The number of carbonyl (C=O) groups excluding carboxylic acids is 5. The van der Waals surface area contributed by atoms with Crippen LogP contribution in [-0.2, 0) is 49.6 Å². The second-order valence-corrected chi connectivity index (χ2v) is 15.7. The largest absolute Gasteiger partial charge is 0.481 e. The van der Waals surface area contributed by atoms with Crippen molar-refractivity contribution >= 4 is 92.9 Å². The van der Waals surface area contributed by atoms with E-state index in [1.54, 1.807) is 0 Å². The van der Waals surface area contributed by atoms with Crippen molar-refractivity contribution in [1.29, 1.82) is 0 Å². The summed E-state index contributed by atoms with van der Waals surface area (Å²) >= 11 is 0. The minimum absolute atomic E-state index is 0.0691. The molecule has 0 bridgehead atoms. The first-order chi connectivity index (χ1) is 28.7. The molecule has 0 aliphatic rings. The van der Waals surface area contributed by atoms with Gasteiger partial charge in [-0.2, -0.15) is 0 Å². The monoisotopic (exact) mass is 903 g/mol. The first-order valence-electron chi connectivity index (χ1n) is 18.4. The van der Waals surface area contributed by atoms with Gasteiger partial charge >= 0.3 is 47.9 Å². The summed E-state index contributed by atoms with van der Waals surface area (Å²) in [5.41, 5.74) is 0.678. The number of aliphatic carboxylic acids is 6. The number of anilines is 1. The highest BCUT2D eigenvalue weighted by molar-refractivity contribution is 8.76. The fourth-order valence-corrected chi connectivity index (χ4v) is 6.79. The van der Waals surface area contributed by atoms with Crippen LogP contribution >= 0.6 is 21.6 Å². The summed E-state index contributed by atoms with van der Waals surface area (Å²) in [4.78, 5) is 132. The van der Waals surface area contributed by atoms with Crippen LogP contribution in [0.3, 0.4) is 0 Å². The maximum atomic E-state index is 13.2. The zero-order chi connectivity index (χ0) is 46.1. The van der Waals surface area contributed by atoms with E-state index in [1.165, 1.54) is 35.1 Å². The zero-order valence-corrected chi connectivity index (χ0v) is 34.3. The summed E-state index contributed by atoms with van der Waals surface area (Å²) < 4.78 is 0. The van der Waals surface area contributed by atoms with Crippen LogP contribution in [0, 0.1) is 0 Å². The van der Waals surface area contributed by atoms with E-state index in [9.17, 15) is 73.2 Å². The molecule has 1 rings (SSSR count). The molecule has 0 radical (unpaired) electrons. The SMILES string of the molecule is CCSSC[C@H](NC(=O)[C@H](CC(=O)O)NC(=O)[C@H](CCC(=O)O)NC(=O)Cc1ccc(NC(=O)NCCCC[C@H](NC(=O)N[C@@H](CCC(=O)O)C(=O)O)C(=O)O)cc1)C(=O)O. The molecular formula is C35H49N7O17S2. The topological polar surface area (TPSA) is 393 Å².